The van der Waals surface area contributed by atoms with Crippen LogP contribution < -0.4 is 10.6 Å². The second-order valence-corrected chi connectivity index (χ2v) is 6.57. The van der Waals surface area contributed by atoms with Crippen LogP contribution in [0, 0.1) is 0 Å². The molecule has 142 valence electrons. The van der Waals surface area contributed by atoms with Crippen LogP contribution in [0.3, 0.4) is 0 Å². The Hall–Kier alpha value is -0.850. The van der Waals surface area contributed by atoms with Gasteiger partial charge in [-0.15, -0.1) is 0 Å². The van der Waals surface area contributed by atoms with Crippen LogP contribution in [0.2, 0.25) is 0 Å². The Morgan fingerprint density at radius 3 is 2.33 bits per heavy atom. The number of aliphatic imine (C=N–C) groups is 1. The molecule has 0 bridgehead atoms. The molecule has 6 heteroatoms. The van der Waals surface area contributed by atoms with E-state index < -0.39 is 0 Å². The first kappa shape index (κ1) is 21.2. The molecule has 0 aromatic heterocycles. The third-order valence-electron chi connectivity index (χ3n) is 4.12. The summed E-state index contributed by atoms with van der Waals surface area (Å²) in [6.07, 6.45) is 5.00. The van der Waals surface area contributed by atoms with Gasteiger partial charge in [0.05, 0.1) is 19.8 Å². The van der Waals surface area contributed by atoms with Crippen molar-refractivity contribution in [1.82, 2.24) is 15.5 Å². The third-order valence-corrected chi connectivity index (χ3v) is 4.12. The van der Waals surface area contributed by atoms with Gasteiger partial charge in [0.25, 0.3) is 0 Å². The standard InChI is InChI=1S/C18H38N4O2/c1-5-6-12-23-14-15-24-13-10-21-18(19-4)20-9-11-22(16(2)3)17-7-8-17/h16-17H,5-15H2,1-4H3,(H2,19,20,21). The minimum absolute atomic E-state index is 0.613. The topological polar surface area (TPSA) is 58.1 Å². The summed E-state index contributed by atoms with van der Waals surface area (Å²) in [6.45, 7) is 12.3. The molecule has 24 heavy (non-hydrogen) atoms. The van der Waals surface area contributed by atoms with Crippen molar-refractivity contribution in [1.29, 1.82) is 0 Å². The molecule has 6 nitrogen and oxygen atoms in total. The maximum absolute atomic E-state index is 5.54. The maximum Gasteiger partial charge on any atom is 0.191 e. The Morgan fingerprint density at radius 2 is 1.75 bits per heavy atom. The van der Waals surface area contributed by atoms with Gasteiger partial charge in [-0.25, -0.2) is 0 Å². The van der Waals surface area contributed by atoms with Crippen molar-refractivity contribution in [2.75, 3.05) is 53.1 Å². The van der Waals surface area contributed by atoms with Crippen LogP contribution in [0.15, 0.2) is 4.99 Å². The number of nitrogens with one attached hydrogen (secondary N) is 2. The van der Waals surface area contributed by atoms with E-state index in [4.69, 9.17) is 9.47 Å². The molecule has 0 aromatic carbocycles. The first-order valence-corrected chi connectivity index (χ1v) is 9.54. The maximum atomic E-state index is 5.54. The van der Waals surface area contributed by atoms with Gasteiger partial charge in [-0.3, -0.25) is 9.89 Å². The van der Waals surface area contributed by atoms with Crippen molar-refractivity contribution < 1.29 is 9.47 Å². The van der Waals surface area contributed by atoms with Crippen LogP contribution >= 0.6 is 0 Å². The lowest BCUT2D eigenvalue weighted by Gasteiger charge is -2.26. The Balaban J connectivity index is 1.98. The first-order valence-electron chi connectivity index (χ1n) is 9.54. The lowest BCUT2D eigenvalue weighted by atomic mass is 10.3. The Morgan fingerprint density at radius 1 is 1.08 bits per heavy atom. The van der Waals surface area contributed by atoms with E-state index in [1.807, 2.05) is 0 Å². The van der Waals surface area contributed by atoms with Gasteiger partial charge in [-0.05, 0) is 33.1 Å². The average molecular weight is 343 g/mol. The predicted molar refractivity (Wildman–Crippen MR) is 101 cm³/mol. The van der Waals surface area contributed by atoms with Gasteiger partial charge in [-0.2, -0.15) is 0 Å². The molecule has 1 rings (SSSR count). The molecular weight excluding hydrogens is 304 g/mol. The normalized spacial score (nSPS) is 15.3. The van der Waals surface area contributed by atoms with Gasteiger partial charge in [0.15, 0.2) is 5.96 Å². The van der Waals surface area contributed by atoms with Crippen molar-refractivity contribution in [3.63, 3.8) is 0 Å². The second kappa shape index (κ2) is 13.4. The van der Waals surface area contributed by atoms with E-state index in [1.165, 1.54) is 19.3 Å². The van der Waals surface area contributed by atoms with Crippen LogP contribution in [0.5, 0.6) is 0 Å². The molecule has 1 aliphatic carbocycles. The Bertz CT molecular complexity index is 331. The molecule has 0 radical (unpaired) electrons. The SMILES string of the molecule is CCCCOCCOCCNC(=NC)NCCN(C(C)C)C1CC1. The summed E-state index contributed by atoms with van der Waals surface area (Å²) < 4.78 is 11.0. The molecule has 0 aliphatic heterocycles. The van der Waals surface area contributed by atoms with Gasteiger partial charge in [0.2, 0.25) is 0 Å². The summed E-state index contributed by atoms with van der Waals surface area (Å²) in [6, 6.07) is 1.41. The highest BCUT2D eigenvalue weighted by molar-refractivity contribution is 5.79. The van der Waals surface area contributed by atoms with E-state index in [0.29, 0.717) is 25.9 Å². The molecule has 0 heterocycles. The van der Waals surface area contributed by atoms with Gasteiger partial charge >= 0.3 is 0 Å². The largest absolute Gasteiger partial charge is 0.379 e. The van der Waals surface area contributed by atoms with Crippen molar-refractivity contribution in [2.24, 2.45) is 4.99 Å². The second-order valence-electron chi connectivity index (χ2n) is 6.57. The fraction of sp³-hybridized carbons (Fsp3) is 0.944. The van der Waals surface area contributed by atoms with E-state index >= 15 is 0 Å². The lowest BCUT2D eigenvalue weighted by Crippen LogP contribution is -2.44. The Kier molecular flexibility index (Phi) is 11.9. The van der Waals surface area contributed by atoms with Gasteiger partial charge in [0, 0.05) is 45.4 Å². The predicted octanol–water partition coefficient (Wildman–Crippen LogP) is 1.86. The summed E-state index contributed by atoms with van der Waals surface area (Å²) in [5.74, 6) is 0.845. The highest BCUT2D eigenvalue weighted by atomic mass is 16.5. The highest BCUT2D eigenvalue weighted by Crippen LogP contribution is 2.27. The smallest absolute Gasteiger partial charge is 0.191 e. The monoisotopic (exact) mass is 342 g/mol. The molecule has 0 saturated heterocycles. The summed E-state index contributed by atoms with van der Waals surface area (Å²) in [4.78, 5) is 6.82. The molecule has 0 aromatic rings. The summed E-state index contributed by atoms with van der Waals surface area (Å²) >= 11 is 0. The van der Waals surface area contributed by atoms with Crippen LogP contribution in [-0.4, -0.2) is 76.1 Å². The fourth-order valence-electron chi connectivity index (χ4n) is 2.60. The van der Waals surface area contributed by atoms with Gasteiger partial charge in [-0.1, -0.05) is 13.3 Å². The van der Waals surface area contributed by atoms with Gasteiger partial charge in [0.1, 0.15) is 0 Å². The molecule has 1 aliphatic rings. The zero-order valence-corrected chi connectivity index (χ0v) is 16.1. The molecule has 0 unspecified atom stereocenters. The molecule has 0 atom stereocenters. The number of hydrogen-bond acceptors (Lipinski definition) is 4. The van der Waals surface area contributed by atoms with Crippen LogP contribution in [0.25, 0.3) is 0 Å². The van der Waals surface area contributed by atoms with Crippen molar-refractivity contribution in [3.8, 4) is 0 Å². The first-order chi connectivity index (χ1) is 11.7. The number of rotatable bonds is 14. The van der Waals surface area contributed by atoms with Crippen LogP contribution in [0.1, 0.15) is 46.5 Å². The Labute approximate surface area is 148 Å². The summed E-state index contributed by atoms with van der Waals surface area (Å²) in [7, 11) is 1.80. The highest BCUT2D eigenvalue weighted by Gasteiger charge is 2.29. The third kappa shape index (κ3) is 10.1. The van der Waals surface area contributed by atoms with E-state index in [-0.39, 0.29) is 0 Å². The number of guanidine groups is 1. The molecule has 1 saturated carbocycles. The van der Waals surface area contributed by atoms with Crippen LogP contribution in [0.4, 0.5) is 0 Å². The average Bonchev–Trinajstić information content (AvgIpc) is 3.39. The van der Waals surface area contributed by atoms with Crippen molar-refractivity contribution in [2.45, 2.75) is 58.5 Å². The van der Waals surface area contributed by atoms with Gasteiger partial charge < -0.3 is 20.1 Å². The van der Waals surface area contributed by atoms with Crippen molar-refractivity contribution >= 4 is 5.96 Å². The number of nitrogens with zero attached hydrogens (tertiary/aromatic N) is 2. The fourth-order valence-corrected chi connectivity index (χ4v) is 2.60. The number of ether oxygens (including phenoxy) is 2. The summed E-state index contributed by atoms with van der Waals surface area (Å²) in [5.41, 5.74) is 0. The zero-order chi connectivity index (χ0) is 17.6. The zero-order valence-electron chi connectivity index (χ0n) is 16.1. The number of unbranched alkanes of at least 4 members (excludes halogenated alkanes) is 1. The molecule has 1 fully saturated rings. The van der Waals surface area contributed by atoms with Crippen LogP contribution in [-0.2, 0) is 9.47 Å². The van der Waals surface area contributed by atoms with E-state index in [0.717, 1.165) is 44.7 Å². The van der Waals surface area contributed by atoms with E-state index in [2.05, 4.69) is 41.3 Å². The minimum atomic E-state index is 0.613. The molecule has 2 N–H and O–H groups in total. The summed E-state index contributed by atoms with van der Waals surface area (Å²) in [5, 5.41) is 6.66. The van der Waals surface area contributed by atoms with E-state index in [1.54, 1.807) is 7.05 Å². The van der Waals surface area contributed by atoms with E-state index in [9.17, 15) is 0 Å². The molecule has 0 spiro atoms. The molecular formula is C18H38N4O2. The quantitative estimate of drug-likeness (QED) is 0.287. The van der Waals surface area contributed by atoms with Crippen molar-refractivity contribution in [3.05, 3.63) is 0 Å². The lowest BCUT2D eigenvalue weighted by molar-refractivity contribution is 0.0487. The minimum Gasteiger partial charge on any atom is -0.379 e. The number of hydrogen-bond donors (Lipinski definition) is 2. The molecule has 0 amide bonds.